The minimum Gasteiger partial charge on any atom is -0.386 e. The molecule has 6 nitrogen and oxygen atoms in total. The Bertz CT molecular complexity index is 527. The number of amides is 1. The predicted octanol–water partition coefficient (Wildman–Crippen LogP) is 1.24. The zero-order chi connectivity index (χ0) is 16.8. The predicted molar refractivity (Wildman–Crippen MR) is 94.1 cm³/mol. The lowest BCUT2D eigenvalue weighted by atomic mass is 10.1. The number of carbonyl (C=O) groups excluding carboxylic acids is 1. The molecule has 0 aliphatic carbocycles. The van der Waals surface area contributed by atoms with E-state index in [0.29, 0.717) is 6.61 Å². The van der Waals surface area contributed by atoms with Crippen molar-refractivity contribution in [1.29, 1.82) is 0 Å². The quantitative estimate of drug-likeness (QED) is 0.826. The van der Waals surface area contributed by atoms with Crippen molar-refractivity contribution in [2.24, 2.45) is 0 Å². The number of aryl methyl sites for hydroxylation is 1. The number of ether oxygens (including phenoxy) is 1. The summed E-state index contributed by atoms with van der Waals surface area (Å²) < 4.78 is 5.29. The minimum absolute atomic E-state index is 0.0153. The number of benzene rings is 1. The Labute approximate surface area is 138 Å². The molecule has 0 radical (unpaired) electrons. The highest BCUT2D eigenvalue weighted by Gasteiger charge is 2.28. The van der Waals surface area contributed by atoms with E-state index < -0.39 is 0 Å². The van der Waals surface area contributed by atoms with Crippen LogP contribution in [0.15, 0.2) is 18.2 Å². The molecule has 0 unspecified atom stereocenters. The van der Waals surface area contributed by atoms with Gasteiger partial charge >= 0.3 is 0 Å². The SMILES string of the molecule is CNc1c(C)cccc1NC(=O)[C@@H](COC)N1CCN(C)CC1. The zero-order valence-electron chi connectivity index (χ0n) is 14.6. The van der Waals surface area contributed by atoms with Crippen LogP contribution in [0.2, 0.25) is 0 Å². The number of hydrogen-bond donors (Lipinski definition) is 2. The zero-order valence-corrected chi connectivity index (χ0v) is 14.6. The average Bonchev–Trinajstić information content (AvgIpc) is 2.54. The largest absolute Gasteiger partial charge is 0.386 e. The second kappa shape index (κ2) is 8.29. The minimum atomic E-state index is -0.265. The van der Waals surface area contributed by atoms with Crippen molar-refractivity contribution in [1.82, 2.24) is 9.80 Å². The molecular weight excluding hydrogens is 292 g/mol. The summed E-state index contributed by atoms with van der Waals surface area (Å²) in [6, 6.07) is 5.63. The van der Waals surface area contributed by atoms with Gasteiger partial charge in [-0.15, -0.1) is 0 Å². The van der Waals surface area contributed by atoms with Crippen molar-refractivity contribution in [3.8, 4) is 0 Å². The first-order valence-corrected chi connectivity index (χ1v) is 8.06. The molecule has 1 saturated heterocycles. The summed E-state index contributed by atoms with van der Waals surface area (Å²) in [5.74, 6) is -0.0153. The van der Waals surface area contributed by atoms with Gasteiger partial charge in [0, 0.05) is 40.3 Å². The molecule has 1 amide bonds. The van der Waals surface area contributed by atoms with E-state index in [9.17, 15) is 4.79 Å². The summed E-state index contributed by atoms with van der Waals surface area (Å²) in [5, 5.41) is 6.22. The van der Waals surface area contributed by atoms with Gasteiger partial charge in [0.2, 0.25) is 5.91 Å². The molecule has 0 spiro atoms. The maximum Gasteiger partial charge on any atom is 0.244 e. The van der Waals surface area contributed by atoms with Crippen LogP contribution in [0.1, 0.15) is 5.56 Å². The smallest absolute Gasteiger partial charge is 0.244 e. The van der Waals surface area contributed by atoms with E-state index in [2.05, 4.69) is 27.5 Å². The topological polar surface area (TPSA) is 56.8 Å². The molecule has 6 heteroatoms. The Balaban J connectivity index is 2.11. The van der Waals surface area contributed by atoms with Crippen LogP contribution in [0, 0.1) is 6.92 Å². The molecule has 128 valence electrons. The maximum atomic E-state index is 12.8. The third-order valence-corrected chi connectivity index (χ3v) is 4.39. The second-order valence-electron chi connectivity index (χ2n) is 6.05. The van der Waals surface area contributed by atoms with Crippen LogP contribution in [0.4, 0.5) is 11.4 Å². The van der Waals surface area contributed by atoms with Gasteiger partial charge in [0.15, 0.2) is 0 Å². The van der Waals surface area contributed by atoms with Crippen molar-refractivity contribution < 1.29 is 9.53 Å². The number of methoxy groups -OCH3 is 1. The van der Waals surface area contributed by atoms with Gasteiger partial charge in [0.1, 0.15) is 6.04 Å². The molecule has 0 saturated carbocycles. The fourth-order valence-electron chi connectivity index (χ4n) is 2.96. The molecule has 1 aliphatic heterocycles. The molecule has 1 aliphatic rings. The van der Waals surface area contributed by atoms with Crippen LogP contribution in [-0.4, -0.2) is 75.7 Å². The van der Waals surface area contributed by atoms with Crippen molar-refractivity contribution in [3.05, 3.63) is 23.8 Å². The fourth-order valence-corrected chi connectivity index (χ4v) is 2.96. The summed E-state index contributed by atoms with van der Waals surface area (Å²) in [6.45, 7) is 6.12. The number of carbonyl (C=O) groups is 1. The maximum absolute atomic E-state index is 12.8. The highest BCUT2D eigenvalue weighted by atomic mass is 16.5. The number of likely N-dealkylation sites (N-methyl/N-ethyl adjacent to an activating group) is 1. The van der Waals surface area contributed by atoms with Gasteiger partial charge in [0.25, 0.3) is 0 Å². The molecule has 0 bridgehead atoms. The Hall–Kier alpha value is -1.63. The van der Waals surface area contributed by atoms with E-state index in [1.54, 1.807) is 7.11 Å². The van der Waals surface area contributed by atoms with Gasteiger partial charge in [-0.2, -0.15) is 0 Å². The Morgan fingerprint density at radius 3 is 2.61 bits per heavy atom. The van der Waals surface area contributed by atoms with E-state index in [0.717, 1.165) is 43.1 Å². The van der Waals surface area contributed by atoms with Crippen molar-refractivity contribution in [3.63, 3.8) is 0 Å². The second-order valence-corrected chi connectivity index (χ2v) is 6.05. The first-order valence-electron chi connectivity index (χ1n) is 8.06. The van der Waals surface area contributed by atoms with Crippen LogP contribution in [-0.2, 0) is 9.53 Å². The standard InChI is InChI=1S/C17H28N4O2/c1-13-6-5-7-14(16(13)18-2)19-17(22)15(12-23-4)21-10-8-20(3)9-11-21/h5-7,15,18H,8-12H2,1-4H3,(H,19,22)/t15-/m1/s1. The Kier molecular flexibility index (Phi) is 6.38. The van der Waals surface area contributed by atoms with Gasteiger partial charge < -0.3 is 20.3 Å². The summed E-state index contributed by atoms with van der Waals surface area (Å²) in [7, 11) is 5.61. The monoisotopic (exact) mass is 320 g/mol. The van der Waals surface area contributed by atoms with E-state index in [1.165, 1.54) is 0 Å². The highest BCUT2D eigenvalue weighted by Crippen LogP contribution is 2.25. The van der Waals surface area contributed by atoms with Crippen LogP contribution in [0.5, 0.6) is 0 Å². The van der Waals surface area contributed by atoms with Crippen LogP contribution in [0.3, 0.4) is 0 Å². The van der Waals surface area contributed by atoms with E-state index in [4.69, 9.17) is 4.74 Å². The van der Waals surface area contributed by atoms with Crippen LogP contribution in [0.25, 0.3) is 0 Å². The van der Waals surface area contributed by atoms with Gasteiger partial charge in [-0.25, -0.2) is 0 Å². The van der Waals surface area contributed by atoms with E-state index in [1.807, 2.05) is 32.2 Å². The molecule has 2 N–H and O–H groups in total. The van der Waals surface area contributed by atoms with Gasteiger partial charge in [0.05, 0.1) is 18.0 Å². The molecule has 0 aromatic heterocycles. The molecule has 1 aromatic rings. The Morgan fingerprint density at radius 2 is 2.00 bits per heavy atom. The lowest BCUT2D eigenvalue weighted by molar-refractivity contribution is -0.124. The number of hydrogen-bond acceptors (Lipinski definition) is 5. The van der Waals surface area contributed by atoms with Gasteiger partial charge in [-0.1, -0.05) is 12.1 Å². The van der Waals surface area contributed by atoms with Crippen LogP contribution >= 0.6 is 0 Å². The van der Waals surface area contributed by atoms with Crippen molar-refractivity contribution in [2.45, 2.75) is 13.0 Å². The number of anilines is 2. The summed E-state index contributed by atoms with van der Waals surface area (Å²) >= 11 is 0. The highest BCUT2D eigenvalue weighted by molar-refractivity contribution is 5.98. The number of para-hydroxylation sites is 1. The molecule has 2 rings (SSSR count). The first-order chi connectivity index (χ1) is 11.1. The van der Waals surface area contributed by atoms with Gasteiger partial charge in [-0.05, 0) is 25.6 Å². The molecule has 1 fully saturated rings. The molecule has 1 atom stereocenters. The summed E-state index contributed by atoms with van der Waals surface area (Å²) in [6.07, 6.45) is 0. The van der Waals surface area contributed by atoms with Crippen molar-refractivity contribution >= 4 is 17.3 Å². The molecule has 1 aromatic carbocycles. The summed E-state index contributed by atoms with van der Waals surface area (Å²) in [4.78, 5) is 17.3. The normalized spacial score (nSPS) is 17.7. The number of piperazine rings is 1. The fraction of sp³-hybridized carbons (Fsp3) is 0.588. The summed E-state index contributed by atoms with van der Waals surface area (Å²) in [5.41, 5.74) is 2.87. The lowest BCUT2D eigenvalue weighted by Crippen LogP contribution is -2.54. The number of nitrogens with one attached hydrogen (secondary N) is 2. The van der Waals surface area contributed by atoms with E-state index >= 15 is 0 Å². The van der Waals surface area contributed by atoms with E-state index in [-0.39, 0.29) is 11.9 Å². The Morgan fingerprint density at radius 1 is 1.30 bits per heavy atom. The lowest BCUT2D eigenvalue weighted by Gasteiger charge is -2.36. The van der Waals surface area contributed by atoms with Crippen molar-refractivity contribution in [2.75, 3.05) is 64.6 Å². The third-order valence-electron chi connectivity index (χ3n) is 4.39. The number of rotatable bonds is 6. The van der Waals surface area contributed by atoms with Crippen LogP contribution < -0.4 is 10.6 Å². The molecule has 1 heterocycles. The third kappa shape index (κ3) is 4.43. The molecule has 23 heavy (non-hydrogen) atoms. The average molecular weight is 320 g/mol. The number of nitrogens with zero attached hydrogens (tertiary/aromatic N) is 2. The van der Waals surface area contributed by atoms with Gasteiger partial charge in [-0.3, -0.25) is 9.69 Å². The first kappa shape index (κ1) is 17.7. The molecular formula is C17H28N4O2.